The maximum atomic E-state index is 12.1. The summed E-state index contributed by atoms with van der Waals surface area (Å²) in [6.07, 6.45) is 0. The van der Waals surface area contributed by atoms with E-state index < -0.39 is 11.5 Å². The maximum absolute atomic E-state index is 12.1. The third kappa shape index (κ3) is 4.77. The van der Waals surface area contributed by atoms with Crippen molar-refractivity contribution in [1.29, 1.82) is 0 Å². The standard InChI is InChI=1S/C16H16ClNO2S/c1-16(20,11-21-14-9-7-12(17)8-10-14)15(19)18-13-5-3-2-4-6-13/h2-10,20H,11H2,1H3,(H,18,19)/t16-/m1/s1. The van der Waals surface area contributed by atoms with E-state index in [4.69, 9.17) is 11.6 Å². The smallest absolute Gasteiger partial charge is 0.256 e. The summed E-state index contributed by atoms with van der Waals surface area (Å²) in [5.74, 6) is -0.164. The molecule has 0 aliphatic carbocycles. The minimum absolute atomic E-state index is 0.257. The van der Waals surface area contributed by atoms with Gasteiger partial charge in [0, 0.05) is 21.4 Å². The summed E-state index contributed by atoms with van der Waals surface area (Å²) in [6.45, 7) is 1.51. The molecule has 0 aromatic heterocycles. The van der Waals surface area contributed by atoms with Crippen LogP contribution in [0.4, 0.5) is 5.69 Å². The molecule has 0 saturated heterocycles. The molecule has 0 aliphatic rings. The van der Waals surface area contributed by atoms with Crippen LogP contribution in [0, 0.1) is 0 Å². The number of aliphatic hydroxyl groups is 1. The summed E-state index contributed by atoms with van der Waals surface area (Å²) < 4.78 is 0. The minimum atomic E-state index is -1.46. The first-order valence-electron chi connectivity index (χ1n) is 6.45. The highest BCUT2D eigenvalue weighted by Gasteiger charge is 2.30. The molecular weight excluding hydrogens is 306 g/mol. The van der Waals surface area contributed by atoms with E-state index in [1.54, 1.807) is 24.3 Å². The largest absolute Gasteiger partial charge is 0.379 e. The second-order valence-corrected chi connectivity index (χ2v) is 6.32. The van der Waals surface area contributed by atoms with Crippen molar-refractivity contribution in [1.82, 2.24) is 0 Å². The molecule has 0 heterocycles. The van der Waals surface area contributed by atoms with Gasteiger partial charge in [-0.1, -0.05) is 29.8 Å². The van der Waals surface area contributed by atoms with Crippen molar-refractivity contribution in [3.05, 3.63) is 59.6 Å². The van der Waals surface area contributed by atoms with Crippen molar-refractivity contribution in [3.8, 4) is 0 Å². The lowest BCUT2D eigenvalue weighted by Crippen LogP contribution is -2.42. The molecular formula is C16H16ClNO2S. The Morgan fingerprint density at radius 2 is 1.81 bits per heavy atom. The van der Waals surface area contributed by atoms with E-state index in [9.17, 15) is 9.90 Å². The summed E-state index contributed by atoms with van der Waals surface area (Å²) in [4.78, 5) is 13.1. The van der Waals surface area contributed by atoms with E-state index in [2.05, 4.69) is 5.32 Å². The Balaban J connectivity index is 1.94. The lowest BCUT2D eigenvalue weighted by atomic mass is 10.1. The Morgan fingerprint density at radius 3 is 2.43 bits per heavy atom. The van der Waals surface area contributed by atoms with Gasteiger partial charge in [0.25, 0.3) is 5.91 Å². The van der Waals surface area contributed by atoms with Crippen molar-refractivity contribution in [3.63, 3.8) is 0 Å². The van der Waals surface area contributed by atoms with E-state index in [1.165, 1.54) is 18.7 Å². The minimum Gasteiger partial charge on any atom is -0.379 e. The normalized spacial score (nSPS) is 13.5. The van der Waals surface area contributed by atoms with Crippen LogP contribution in [0.2, 0.25) is 5.02 Å². The Labute approximate surface area is 133 Å². The number of benzene rings is 2. The second-order valence-electron chi connectivity index (χ2n) is 4.84. The number of nitrogens with one attached hydrogen (secondary N) is 1. The van der Waals surface area contributed by atoms with Gasteiger partial charge in [-0.3, -0.25) is 4.79 Å². The van der Waals surface area contributed by atoms with Crippen LogP contribution in [0.15, 0.2) is 59.5 Å². The summed E-state index contributed by atoms with van der Waals surface area (Å²) in [7, 11) is 0. The van der Waals surface area contributed by atoms with E-state index in [0.29, 0.717) is 10.7 Å². The predicted molar refractivity (Wildman–Crippen MR) is 87.9 cm³/mol. The number of carbonyl (C=O) groups excluding carboxylic acids is 1. The van der Waals surface area contributed by atoms with Gasteiger partial charge in [-0.2, -0.15) is 0 Å². The average molecular weight is 322 g/mol. The number of anilines is 1. The van der Waals surface area contributed by atoms with Crippen LogP contribution in [0.25, 0.3) is 0 Å². The van der Waals surface area contributed by atoms with Gasteiger partial charge in [0.1, 0.15) is 5.60 Å². The van der Waals surface area contributed by atoms with Crippen molar-refractivity contribution in [2.75, 3.05) is 11.1 Å². The van der Waals surface area contributed by atoms with Crippen LogP contribution in [0.1, 0.15) is 6.92 Å². The van der Waals surface area contributed by atoms with Gasteiger partial charge in [-0.15, -0.1) is 11.8 Å². The Hall–Kier alpha value is -1.49. The van der Waals surface area contributed by atoms with Crippen LogP contribution in [-0.2, 0) is 4.79 Å². The Morgan fingerprint density at radius 1 is 1.19 bits per heavy atom. The van der Waals surface area contributed by atoms with E-state index in [-0.39, 0.29) is 5.75 Å². The van der Waals surface area contributed by atoms with Gasteiger partial charge in [0.2, 0.25) is 0 Å². The number of amides is 1. The zero-order valence-electron chi connectivity index (χ0n) is 11.5. The van der Waals surface area contributed by atoms with Crippen molar-refractivity contribution < 1.29 is 9.90 Å². The Bertz CT molecular complexity index is 599. The quantitative estimate of drug-likeness (QED) is 0.823. The SMILES string of the molecule is C[C@@](O)(CSc1ccc(Cl)cc1)C(=O)Nc1ccccc1. The number of hydrogen-bond acceptors (Lipinski definition) is 3. The first-order chi connectivity index (χ1) is 9.97. The molecule has 0 saturated carbocycles. The molecule has 3 nitrogen and oxygen atoms in total. The fourth-order valence-electron chi connectivity index (χ4n) is 1.61. The molecule has 1 amide bonds. The fourth-order valence-corrected chi connectivity index (χ4v) is 2.64. The second kappa shape index (κ2) is 6.98. The molecule has 2 N–H and O–H groups in total. The highest BCUT2D eigenvalue weighted by Crippen LogP contribution is 2.25. The number of rotatable bonds is 5. The fraction of sp³-hybridized carbons (Fsp3) is 0.188. The number of para-hydroxylation sites is 1. The summed E-state index contributed by atoms with van der Waals surface area (Å²) in [5.41, 5.74) is -0.792. The summed E-state index contributed by atoms with van der Waals surface area (Å²) in [6, 6.07) is 16.4. The third-order valence-corrected chi connectivity index (χ3v) is 4.42. The van der Waals surface area contributed by atoms with Gasteiger partial charge in [0.05, 0.1) is 0 Å². The molecule has 110 valence electrons. The number of halogens is 1. The van der Waals surface area contributed by atoms with Gasteiger partial charge in [-0.25, -0.2) is 0 Å². The van der Waals surface area contributed by atoms with Gasteiger partial charge >= 0.3 is 0 Å². The summed E-state index contributed by atoms with van der Waals surface area (Å²) >= 11 is 7.23. The topological polar surface area (TPSA) is 49.3 Å². The van der Waals surface area contributed by atoms with Gasteiger partial charge < -0.3 is 10.4 Å². The lowest BCUT2D eigenvalue weighted by molar-refractivity contribution is -0.130. The van der Waals surface area contributed by atoms with Gasteiger partial charge in [-0.05, 0) is 43.3 Å². The molecule has 5 heteroatoms. The monoisotopic (exact) mass is 321 g/mol. The zero-order valence-corrected chi connectivity index (χ0v) is 13.1. The Kier molecular flexibility index (Phi) is 5.28. The van der Waals surface area contributed by atoms with Crippen LogP contribution >= 0.6 is 23.4 Å². The summed E-state index contributed by atoms with van der Waals surface area (Å²) in [5, 5.41) is 13.7. The number of hydrogen-bond donors (Lipinski definition) is 2. The molecule has 21 heavy (non-hydrogen) atoms. The first kappa shape index (κ1) is 15.9. The van der Waals surface area contributed by atoms with E-state index in [0.717, 1.165) is 4.90 Å². The van der Waals surface area contributed by atoms with Crippen molar-refractivity contribution >= 4 is 35.0 Å². The molecule has 0 unspecified atom stereocenters. The molecule has 2 aromatic carbocycles. The van der Waals surface area contributed by atoms with Gasteiger partial charge in [0.15, 0.2) is 0 Å². The van der Waals surface area contributed by atoms with Crippen molar-refractivity contribution in [2.24, 2.45) is 0 Å². The molecule has 0 bridgehead atoms. The number of carbonyl (C=O) groups is 1. The molecule has 1 atom stereocenters. The molecule has 0 fully saturated rings. The highest BCUT2D eigenvalue weighted by atomic mass is 35.5. The van der Waals surface area contributed by atoms with Crippen LogP contribution in [-0.4, -0.2) is 22.4 Å². The highest BCUT2D eigenvalue weighted by molar-refractivity contribution is 7.99. The van der Waals surface area contributed by atoms with E-state index in [1.807, 2.05) is 30.3 Å². The zero-order chi connectivity index (χ0) is 15.3. The molecule has 2 rings (SSSR count). The lowest BCUT2D eigenvalue weighted by Gasteiger charge is -2.22. The van der Waals surface area contributed by atoms with Crippen LogP contribution in [0.3, 0.4) is 0 Å². The molecule has 0 aliphatic heterocycles. The predicted octanol–water partition coefficient (Wildman–Crippen LogP) is 3.82. The first-order valence-corrected chi connectivity index (χ1v) is 7.81. The third-order valence-electron chi connectivity index (χ3n) is 2.85. The number of thioether (sulfide) groups is 1. The molecule has 2 aromatic rings. The molecule has 0 radical (unpaired) electrons. The molecule has 0 spiro atoms. The van der Waals surface area contributed by atoms with Crippen LogP contribution < -0.4 is 5.32 Å². The van der Waals surface area contributed by atoms with E-state index >= 15 is 0 Å². The average Bonchev–Trinajstić information content (AvgIpc) is 2.48. The maximum Gasteiger partial charge on any atom is 0.256 e. The van der Waals surface area contributed by atoms with Crippen LogP contribution in [0.5, 0.6) is 0 Å². The van der Waals surface area contributed by atoms with Crippen molar-refractivity contribution in [2.45, 2.75) is 17.4 Å².